The third-order valence-corrected chi connectivity index (χ3v) is 7.61. The molecule has 2 N–H and O–H groups in total. The van der Waals surface area contributed by atoms with Gasteiger partial charge in [0.15, 0.2) is 0 Å². The molecule has 6 heteroatoms. The molecule has 4 nitrogen and oxygen atoms in total. The molecular weight excluding hydrogens is 436 g/mol. The molecule has 2 aromatic carbocycles. The van der Waals surface area contributed by atoms with Crippen LogP contribution < -0.4 is 10.3 Å². The maximum Gasteiger partial charge on any atom is 0.257 e. The van der Waals surface area contributed by atoms with E-state index < -0.39 is 10.0 Å². The fourth-order valence-corrected chi connectivity index (χ4v) is 4.79. The van der Waals surface area contributed by atoms with E-state index in [0.29, 0.717) is 0 Å². The van der Waals surface area contributed by atoms with Gasteiger partial charge in [-0.1, -0.05) is 73.5 Å². The van der Waals surface area contributed by atoms with Gasteiger partial charge >= 0.3 is 0 Å². The van der Waals surface area contributed by atoms with Crippen molar-refractivity contribution in [2.24, 2.45) is 0 Å². The molecule has 0 radical (unpaired) electrons. The number of allylic oxidation sites excluding steroid dienone is 2. The quantitative estimate of drug-likeness (QED) is 0.628. The van der Waals surface area contributed by atoms with Gasteiger partial charge in [-0.3, -0.25) is 0 Å². The zero-order valence-electron chi connectivity index (χ0n) is 17.1. The summed E-state index contributed by atoms with van der Waals surface area (Å²) in [4.78, 5) is 2.79. The van der Waals surface area contributed by atoms with Crippen LogP contribution in [-0.4, -0.2) is 8.42 Å². The van der Waals surface area contributed by atoms with Gasteiger partial charge in [-0.05, 0) is 48.7 Å². The maximum absolute atomic E-state index is 12.7. The van der Waals surface area contributed by atoms with E-state index in [-0.39, 0.29) is 15.7 Å². The zero-order valence-corrected chi connectivity index (χ0v) is 19.5. The standard InChI is InChI=1S/C22H27BrN2O2S/c1-14-7-9-16(10-8-14)28(26,27)25-24-20-13-21(3,4)17-11-15(2)19(23)12-18(17)22(20,5)6/h7-13,24-25H,1-6H3. The first-order valence-electron chi connectivity index (χ1n) is 9.23. The molecule has 150 valence electrons. The predicted molar refractivity (Wildman–Crippen MR) is 118 cm³/mol. The van der Waals surface area contributed by atoms with Gasteiger partial charge in [-0.25, -0.2) is 8.42 Å². The van der Waals surface area contributed by atoms with E-state index in [1.165, 1.54) is 16.7 Å². The number of sulfonamides is 1. The summed E-state index contributed by atoms with van der Waals surface area (Å²) in [6.45, 7) is 12.5. The lowest BCUT2D eigenvalue weighted by atomic mass is 9.66. The molecule has 0 saturated carbocycles. The molecule has 0 unspecified atom stereocenters. The number of fused-ring (bicyclic) bond motifs is 1. The van der Waals surface area contributed by atoms with E-state index in [4.69, 9.17) is 0 Å². The summed E-state index contributed by atoms with van der Waals surface area (Å²) in [5.74, 6) is 0. The van der Waals surface area contributed by atoms with Gasteiger partial charge in [-0.2, -0.15) is 0 Å². The van der Waals surface area contributed by atoms with Gasteiger partial charge in [0.2, 0.25) is 0 Å². The van der Waals surface area contributed by atoms with Gasteiger partial charge in [0.1, 0.15) is 0 Å². The van der Waals surface area contributed by atoms with Gasteiger partial charge in [-0.15, -0.1) is 4.83 Å². The summed E-state index contributed by atoms with van der Waals surface area (Å²) in [6, 6.07) is 11.2. The molecule has 0 heterocycles. The van der Waals surface area contributed by atoms with Crippen molar-refractivity contribution >= 4 is 26.0 Å². The normalized spacial score (nSPS) is 17.6. The summed E-state index contributed by atoms with van der Waals surface area (Å²) >= 11 is 3.64. The van der Waals surface area contributed by atoms with Gasteiger partial charge in [0, 0.05) is 21.0 Å². The average Bonchev–Trinajstić information content (AvgIpc) is 2.59. The van der Waals surface area contributed by atoms with Gasteiger partial charge in [0.25, 0.3) is 10.0 Å². The molecule has 3 rings (SSSR count). The Bertz CT molecular complexity index is 1050. The summed E-state index contributed by atoms with van der Waals surface area (Å²) in [5, 5.41) is 0. The molecular formula is C22H27BrN2O2S. The molecule has 1 aliphatic rings. The summed E-state index contributed by atoms with van der Waals surface area (Å²) in [7, 11) is -3.67. The Morgan fingerprint density at radius 3 is 2.14 bits per heavy atom. The Balaban J connectivity index is 1.95. The molecule has 0 bridgehead atoms. The van der Waals surface area contributed by atoms with Gasteiger partial charge < -0.3 is 5.43 Å². The summed E-state index contributed by atoms with van der Waals surface area (Å²) < 4.78 is 26.4. The van der Waals surface area contributed by atoms with E-state index in [2.05, 4.69) is 79.0 Å². The first kappa shape index (κ1) is 21.1. The largest absolute Gasteiger partial charge is 0.311 e. The van der Waals surface area contributed by atoms with Crippen LogP contribution in [0.5, 0.6) is 0 Å². The van der Waals surface area contributed by atoms with Crippen LogP contribution in [0.2, 0.25) is 0 Å². The third-order valence-electron chi connectivity index (χ3n) is 5.50. The predicted octanol–water partition coefficient (Wildman–Crippen LogP) is 5.00. The molecule has 28 heavy (non-hydrogen) atoms. The first-order chi connectivity index (χ1) is 12.8. The first-order valence-corrected chi connectivity index (χ1v) is 11.5. The number of rotatable bonds is 4. The smallest absolute Gasteiger partial charge is 0.257 e. The topological polar surface area (TPSA) is 58.2 Å². The van der Waals surface area contributed by atoms with Crippen LogP contribution >= 0.6 is 15.9 Å². The minimum Gasteiger partial charge on any atom is -0.311 e. The lowest BCUT2D eigenvalue weighted by Gasteiger charge is -2.41. The van der Waals surface area contributed by atoms with E-state index >= 15 is 0 Å². The molecule has 0 saturated heterocycles. The highest BCUT2D eigenvalue weighted by Gasteiger charge is 2.39. The Morgan fingerprint density at radius 1 is 0.929 bits per heavy atom. The summed E-state index contributed by atoms with van der Waals surface area (Å²) in [6.07, 6.45) is 2.11. The number of aryl methyl sites for hydroxylation is 2. The van der Waals surface area contributed by atoms with Gasteiger partial charge in [0.05, 0.1) is 4.90 Å². The van der Waals surface area contributed by atoms with Crippen molar-refractivity contribution in [2.75, 3.05) is 0 Å². The van der Waals surface area contributed by atoms with Crippen LogP contribution in [0.25, 0.3) is 0 Å². The number of hydrazine groups is 1. The van der Waals surface area contributed by atoms with E-state index in [0.717, 1.165) is 15.7 Å². The number of benzene rings is 2. The second-order valence-electron chi connectivity index (χ2n) is 8.60. The van der Waals surface area contributed by atoms with E-state index in [1.54, 1.807) is 24.3 Å². The highest BCUT2D eigenvalue weighted by Crippen LogP contribution is 2.45. The molecule has 0 fully saturated rings. The Hall–Kier alpha value is -1.63. The van der Waals surface area contributed by atoms with E-state index in [9.17, 15) is 8.42 Å². The fraction of sp³-hybridized carbons (Fsp3) is 0.364. The lowest BCUT2D eigenvalue weighted by Crippen LogP contribution is -2.45. The average molecular weight is 463 g/mol. The minimum atomic E-state index is -3.67. The van der Waals surface area contributed by atoms with Crippen LogP contribution in [0.3, 0.4) is 0 Å². The van der Waals surface area contributed by atoms with Crippen molar-refractivity contribution in [3.05, 3.63) is 74.9 Å². The molecule has 0 aromatic heterocycles. The molecule has 0 atom stereocenters. The van der Waals surface area contributed by atoms with Crippen molar-refractivity contribution in [3.63, 3.8) is 0 Å². The lowest BCUT2D eigenvalue weighted by molar-refractivity contribution is 0.479. The Morgan fingerprint density at radius 2 is 1.54 bits per heavy atom. The van der Waals surface area contributed by atoms with Crippen LogP contribution in [0.4, 0.5) is 0 Å². The molecule has 0 spiro atoms. The number of nitrogens with one attached hydrogen (secondary N) is 2. The van der Waals surface area contributed by atoms with Crippen LogP contribution in [0.15, 0.2) is 57.5 Å². The van der Waals surface area contributed by atoms with E-state index in [1.807, 2.05) is 6.92 Å². The number of hydrogen-bond donors (Lipinski definition) is 2. The monoisotopic (exact) mass is 462 g/mol. The van der Waals surface area contributed by atoms with Crippen molar-refractivity contribution in [2.45, 2.75) is 57.3 Å². The van der Waals surface area contributed by atoms with Crippen molar-refractivity contribution < 1.29 is 8.42 Å². The SMILES string of the molecule is Cc1ccc(S(=O)(=O)NNC2=CC(C)(C)c3cc(C)c(Br)cc3C2(C)C)cc1. The van der Waals surface area contributed by atoms with Crippen molar-refractivity contribution in [3.8, 4) is 0 Å². The minimum absolute atomic E-state index is 0.228. The highest BCUT2D eigenvalue weighted by atomic mass is 79.9. The molecule has 0 aliphatic heterocycles. The molecule has 0 amide bonds. The van der Waals surface area contributed by atoms with Crippen LogP contribution in [-0.2, 0) is 20.9 Å². The van der Waals surface area contributed by atoms with Crippen molar-refractivity contribution in [1.29, 1.82) is 0 Å². The Kier molecular flexibility index (Phi) is 5.28. The second-order valence-corrected chi connectivity index (χ2v) is 11.1. The fourth-order valence-electron chi connectivity index (χ4n) is 3.59. The maximum atomic E-state index is 12.7. The summed E-state index contributed by atoms with van der Waals surface area (Å²) in [5.41, 5.74) is 7.86. The number of halogens is 1. The second kappa shape index (κ2) is 7.01. The zero-order chi connectivity index (χ0) is 20.9. The number of hydrogen-bond acceptors (Lipinski definition) is 3. The Labute approximate surface area is 176 Å². The van der Waals surface area contributed by atoms with Crippen molar-refractivity contribution in [1.82, 2.24) is 10.3 Å². The molecule has 1 aliphatic carbocycles. The van der Waals surface area contributed by atoms with Crippen LogP contribution in [0.1, 0.15) is 49.9 Å². The highest BCUT2D eigenvalue weighted by molar-refractivity contribution is 9.10. The van der Waals surface area contributed by atoms with Crippen LogP contribution in [0, 0.1) is 13.8 Å². The molecule has 2 aromatic rings. The third kappa shape index (κ3) is 3.78.